The summed E-state index contributed by atoms with van der Waals surface area (Å²) in [4.78, 5) is 21.3. The first-order valence-corrected chi connectivity index (χ1v) is 10.8. The maximum absolute atomic E-state index is 10.5. The number of aromatic nitrogens is 2. The Morgan fingerprint density at radius 1 is 1.29 bits per heavy atom. The van der Waals surface area contributed by atoms with Gasteiger partial charge in [-0.25, -0.2) is 9.97 Å². The zero-order valence-electron chi connectivity index (χ0n) is 18.9. The third-order valence-electron chi connectivity index (χ3n) is 5.92. The lowest BCUT2D eigenvalue weighted by molar-refractivity contribution is -0.957. The molecule has 0 radical (unpaired) electrons. The van der Waals surface area contributed by atoms with Crippen LogP contribution < -0.4 is 15.3 Å². The number of morpholine rings is 1. The van der Waals surface area contributed by atoms with Crippen molar-refractivity contribution >= 4 is 11.8 Å². The van der Waals surface area contributed by atoms with Crippen molar-refractivity contribution in [3.63, 3.8) is 0 Å². The number of hydrogen-bond donors (Lipinski definition) is 2. The molecule has 31 heavy (non-hydrogen) atoms. The average molecular weight is 428 g/mol. The van der Waals surface area contributed by atoms with Gasteiger partial charge in [0.2, 0.25) is 0 Å². The molecule has 1 amide bonds. The van der Waals surface area contributed by atoms with Crippen LogP contribution >= 0.6 is 0 Å². The monoisotopic (exact) mass is 427 g/mol. The van der Waals surface area contributed by atoms with Crippen molar-refractivity contribution < 1.29 is 19.5 Å². The largest absolute Gasteiger partial charge is 0.530 e. The fourth-order valence-electron chi connectivity index (χ4n) is 3.87. The second kappa shape index (κ2) is 10.1. The highest BCUT2D eigenvalue weighted by atomic mass is 16.5. The molecule has 1 fully saturated rings. The normalized spacial score (nSPS) is 20.8. The molecule has 3 heterocycles. The van der Waals surface area contributed by atoms with E-state index in [4.69, 9.17) is 4.74 Å². The minimum absolute atomic E-state index is 0.235. The van der Waals surface area contributed by atoms with Crippen LogP contribution in [0.15, 0.2) is 36.8 Å². The van der Waals surface area contributed by atoms with Crippen LogP contribution in [0, 0.1) is 0 Å². The molecule has 8 nitrogen and oxygen atoms in total. The number of nitrogens with zero attached hydrogens (tertiary/aromatic N) is 3. The molecule has 2 aliphatic rings. The molecule has 0 bridgehead atoms. The van der Waals surface area contributed by atoms with Crippen LogP contribution in [0.2, 0.25) is 0 Å². The van der Waals surface area contributed by atoms with Crippen molar-refractivity contribution in [1.82, 2.24) is 14.9 Å². The Balaban J connectivity index is 0.000000185. The summed E-state index contributed by atoms with van der Waals surface area (Å²) in [6, 6.07) is 8.57. The fraction of sp³-hybridized carbons (Fsp3) is 0.522. The molecule has 2 N–H and O–H groups in total. The van der Waals surface area contributed by atoms with Crippen molar-refractivity contribution in [3.05, 3.63) is 53.6 Å². The maximum atomic E-state index is 10.5. The Kier molecular flexibility index (Phi) is 7.46. The number of carbonyl (C=O) groups excluding carboxylic acids is 1. The number of carboxylic acid groups (broad SMARTS) is 1. The number of quaternary nitrogens is 1. The Morgan fingerprint density at radius 3 is 2.68 bits per heavy atom. The van der Waals surface area contributed by atoms with E-state index in [1.54, 1.807) is 11.1 Å². The fourth-order valence-corrected chi connectivity index (χ4v) is 3.87. The molecule has 2 aliphatic heterocycles. The van der Waals surface area contributed by atoms with Crippen molar-refractivity contribution in [3.8, 4) is 0 Å². The molecule has 1 aromatic heterocycles. The summed E-state index contributed by atoms with van der Waals surface area (Å²) in [5.74, 6) is 0. The predicted octanol–water partition coefficient (Wildman–Crippen LogP) is 0.661. The number of benzene rings is 1. The molecule has 0 aliphatic carbocycles. The molecule has 0 spiro atoms. The molecule has 2 atom stereocenters. The number of anilines is 1. The Hall–Kier alpha value is -2.71. The molecule has 168 valence electrons. The smallest absolute Gasteiger partial charge is 0.137 e. The topological polar surface area (TPSA) is 94.8 Å². The van der Waals surface area contributed by atoms with Gasteiger partial charge in [-0.2, -0.15) is 0 Å². The summed E-state index contributed by atoms with van der Waals surface area (Å²) in [5, 5.41) is 13.7. The van der Waals surface area contributed by atoms with Gasteiger partial charge in [0, 0.05) is 25.5 Å². The lowest BCUT2D eigenvalue weighted by Gasteiger charge is -2.38. The minimum Gasteiger partial charge on any atom is -0.530 e. The summed E-state index contributed by atoms with van der Waals surface area (Å²) in [6.45, 7) is 10.7. The molecule has 2 aromatic rings. The second-order valence-corrected chi connectivity index (χ2v) is 8.97. The lowest BCUT2D eigenvalue weighted by atomic mass is 10.0. The SMILES string of the molecule is CNc1ccc(C2C[NH+](C(C)(C)C)CCO2)cc1.O=C([O-])N1CCc2cncnc2C1. The van der Waals surface area contributed by atoms with Crippen LogP contribution in [0.5, 0.6) is 0 Å². The zero-order chi connectivity index (χ0) is 22.4. The van der Waals surface area contributed by atoms with E-state index in [1.165, 1.54) is 16.8 Å². The first-order valence-electron chi connectivity index (χ1n) is 10.8. The lowest BCUT2D eigenvalue weighted by Crippen LogP contribution is -3.20. The van der Waals surface area contributed by atoms with Gasteiger partial charge >= 0.3 is 0 Å². The van der Waals surface area contributed by atoms with E-state index in [9.17, 15) is 9.90 Å². The molecular weight excluding hydrogens is 394 g/mol. The maximum Gasteiger partial charge on any atom is 0.137 e. The van der Waals surface area contributed by atoms with Gasteiger partial charge in [-0.3, -0.25) is 0 Å². The van der Waals surface area contributed by atoms with Crippen LogP contribution in [0.25, 0.3) is 0 Å². The number of amides is 1. The number of fused-ring (bicyclic) bond motifs is 1. The Labute approximate surface area is 184 Å². The summed E-state index contributed by atoms with van der Waals surface area (Å²) < 4.78 is 5.92. The summed E-state index contributed by atoms with van der Waals surface area (Å²) in [5.41, 5.74) is 4.54. The van der Waals surface area contributed by atoms with Gasteiger partial charge < -0.3 is 29.8 Å². The Bertz CT molecular complexity index is 866. The van der Waals surface area contributed by atoms with E-state index in [2.05, 4.69) is 60.3 Å². The molecule has 0 saturated carbocycles. The summed E-state index contributed by atoms with van der Waals surface area (Å²) in [6.07, 6.45) is 2.93. The first kappa shape index (κ1) is 23.0. The third kappa shape index (κ3) is 6.15. The van der Waals surface area contributed by atoms with Crippen molar-refractivity contribution in [2.45, 2.75) is 45.4 Å². The van der Waals surface area contributed by atoms with E-state index in [-0.39, 0.29) is 6.10 Å². The van der Waals surface area contributed by atoms with E-state index < -0.39 is 6.09 Å². The van der Waals surface area contributed by atoms with E-state index in [0.29, 0.717) is 25.0 Å². The van der Waals surface area contributed by atoms with Crippen molar-refractivity contribution in [2.24, 2.45) is 0 Å². The first-order chi connectivity index (χ1) is 14.8. The van der Waals surface area contributed by atoms with Gasteiger partial charge in [-0.15, -0.1) is 0 Å². The van der Waals surface area contributed by atoms with Gasteiger partial charge in [-0.1, -0.05) is 12.1 Å². The molecule has 4 rings (SSSR count). The molecule has 1 aromatic carbocycles. The number of rotatable bonds is 2. The van der Waals surface area contributed by atoms with Crippen LogP contribution in [0.4, 0.5) is 10.5 Å². The van der Waals surface area contributed by atoms with Gasteiger partial charge in [-0.05, 0) is 50.5 Å². The molecular formula is C23H33N5O3. The zero-order valence-corrected chi connectivity index (χ0v) is 18.9. The standard InChI is InChI=1S/C15H24N2O.C8H9N3O2/c1-15(2,3)17-9-10-18-14(11-17)12-5-7-13(16-4)8-6-12;12-8(13)11-2-1-6-3-9-5-10-7(6)4-11/h5-8,14,16H,9-11H2,1-4H3;3,5H,1-2,4H2,(H,12,13). The number of hydrogen-bond acceptors (Lipinski definition) is 6. The van der Waals surface area contributed by atoms with E-state index in [1.807, 2.05) is 7.05 Å². The van der Waals surface area contributed by atoms with Crippen LogP contribution in [-0.4, -0.2) is 59.8 Å². The van der Waals surface area contributed by atoms with Crippen molar-refractivity contribution in [2.75, 3.05) is 38.6 Å². The quantitative estimate of drug-likeness (QED) is 0.731. The van der Waals surface area contributed by atoms with Gasteiger partial charge in [0.25, 0.3) is 0 Å². The van der Waals surface area contributed by atoms with Crippen LogP contribution in [-0.2, 0) is 17.7 Å². The summed E-state index contributed by atoms with van der Waals surface area (Å²) in [7, 11) is 1.94. The second-order valence-electron chi connectivity index (χ2n) is 8.97. The van der Waals surface area contributed by atoms with E-state index >= 15 is 0 Å². The minimum atomic E-state index is -1.13. The Morgan fingerprint density at radius 2 is 2.03 bits per heavy atom. The van der Waals surface area contributed by atoms with Gasteiger partial charge in [0.15, 0.2) is 0 Å². The van der Waals surface area contributed by atoms with E-state index in [0.717, 1.165) is 36.6 Å². The third-order valence-corrected chi connectivity index (χ3v) is 5.92. The van der Waals surface area contributed by atoms with Crippen molar-refractivity contribution in [1.29, 1.82) is 0 Å². The molecule has 2 unspecified atom stereocenters. The highest BCUT2D eigenvalue weighted by molar-refractivity contribution is 5.62. The predicted molar refractivity (Wildman–Crippen MR) is 117 cm³/mol. The average Bonchev–Trinajstić information content (AvgIpc) is 2.79. The number of carbonyl (C=O) groups is 1. The van der Waals surface area contributed by atoms with Gasteiger partial charge in [0.05, 0.1) is 24.4 Å². The highest BCUT2D eigenvalue weighted by Gasteiger charge is 2.32. The van der Waals surface area contributed by atoms with Gasteiger partial charge in [0.1, 0.15) is 31.6 Å². The molecule has 1 saturated heterocycles. The molecule has 8 heteroatoms. The van der Waals surface area contributed by atoms with Crippen LogP contribution in [0.1, 0.15) is 43.7 Å². The number of nitrogens with one attached hydrogen (secondary N) is 2. The highest BCUT2D eigenvalue weighted by Crippen LogP contribution is 2.20. The summed E-state index contributed by atoms with van der Waals surface area (Å²) >= 11 is 0. The van der Waals surface area contributed by atoms with Crippen LogP contribution in [0.3, 0.4) is 0 Å². The number of ether oxygens (including phenoxy) is 1.